The monoisotopic (exact) mass is 391 g/mol. The number of hydrogen-bond acceptors (Lipinski definition) is 5. The second kappa shape index (κ2) is 5.90. The Bertz CT molecular complexity index is 683. The van der Waals surface area contributed by atoms with Gasteiger partial charge in [0.1, 0.15) is 0 Å². The number of fused-ring (bicyclic) bond motifs is 2. The van der Waals surface area contributed by atoms with Crippen molar-refractivity contribution in [1.29, 1.82) is 0 Å². The zero-order chi connectivity index (χ0) is 18.2. The molecule has 5 rings (SSSR count). The lowest BCUT2D eigenvalue weighted by atomic mass is 9.96. The third-order valence-electron chi connectivity index (χ3n) is 6.77. The van der Waals surface area contributed by atoms with Crippen LogP contribution in [0.2, 0.25) is 0 Å². The normalized spacial score (nSPS) is 47.2. The maximum atomic E-state index is 6.90. The number of nitrogens with zero attached hydrogens (tertiary/aromatic N) is 1. The van der Waals surface area contributed by atoms with Crippen LogP contribution in [0.15, 0.2) is 30.3 Å². The van der Waals surface area contributed by atoms with Gasteiger partial charge in [0.05, 0.1) is 17.7 Å². The van der Waals surface area contributed by atoms with Gasteiger partial charge in [-0.05, 0) is 40.5 Å². The number of ether oxygens (including phenoxy) is 2. The van der Waals surface area contributed by atoms with Crippen LogP contribution in [0.4, 0.5) is 0 Å². The molecule has 1 saturated carbocycles. The fourth-order valence-corrected chi connectivity index (χ4v) is 9.63. The summed E-state index contributed by atoms with van der Waals surface area (Å²) in [5.74, 6) is 0. The zero-order valence-electron chi connectivity index (χ0n) is 16.1. The van der Waals surface area contributed by atoms with E-state index in [1.807, 2.05) is 11.8 Å². The van der Waals surface area contributed by atoms with E-state index in [4.69, 9.17) is 9.47 Å². The van der Waals surface area contributed by atoms with Crippen LogP contribution in [0.1, 0.15) is 58.9 Å². The molecule has 4 fully saturated rings. The lowest BCUT2D eigenvalue weighted by Gasteiger charge is -2.42. The minimum Gasteiger partial charge on any atom is -0.348 e. The van der Waals surface area contributed by atoms with E-state index < -0.39 is 5.06 Å². The standard InChI is InChI=1S/C21H29NO2S2/c1-14-15(2)23-20(16-10-6-5-7-11-16)22(14)19(3,4)21(26-20)24-17-12-8-9-13-18(17)25-21/h5-7,10-11,14-15,17-18H,8-9,12-13H2,1-4H3/t14-,15+,17+,18-,20+,21-/m0/s1. The van der Waals surface area contributed by atoms with E-state index in [0.717, 1.165) is 0 Å². The predicted octanol–water partition coefficient (Wildman–Crippen LogP) is 5.16. The van der Waals surface area contributed by atoms with Crippen molar-refractivity contribution in [2.24, 2.45) is 0 Å². The third-order valence-corrected chi connectivity index (χ3v) is 10.7. The van der Waals surface area contributed by atoms with Gasteiger partial charge in [-0.3, -0.25) is 0 Å². The van der Waals surface area contributed by atoms with Gasteiger partial charge in [0, 0.05) is 16.9 Å². The average Bonchev–Trinajstić information content (AvgIpc) is 3.18. The van der Waals surface area contributed by atoms with E-state index in [2.05, 4.69) is 74.7 Å². The fourth-order valence-electron chi connectivity index (χ4n) is 5.30. The van der Waals surface area contributed by atoms with Gasteiger partial charge in [-0.1, -0.05) is 54.9 Å². The highest BCUT2D eigenvalue weighted by atomic mass is 32.2. The summed E-state index contributed by atoms with van der Waals surface area (Å²) in [7, 11) is 0. The predicted molar refractivity (Wildman–Crippen MR) is 109 cm³/mol. The van der Waals surface area contributed by atoms with Crippen LogP contribution in [0.5, 0.6) is 0 Å². The van der Waals surface area contributed by atoms with Gasteiger partial charge >= 0.3 is 0 Å². The second-order valence-electron chi connectivity index (χ2n) is 8.70. The van der Waals surface area contributed by atoms with Crippen molar-refractivity contribution in [2.75, 3.05) is 0 Å². The van der Waals surface area contributed by atoms with Crippen molar-refractivity contribution in [3.8, 4) is 0 Å². The summed E-state index contributed by atoms with van der Waals surface area (Å²) >= 11 is 4.00. The Morgan fingerprint density at radius 2 is 1.77 bits per heavy atom. The Balaban J connectivity index is 1.61. The first-order valence-electron chi connectivity index (χ1n) is 9.98. The number of thioether (sulfide) groups is 2. The number of hydrogen-bond donors (Lipinski definition) is 0. The molecule has 1 spiro atoms. The molecular formula is C21H29NO2S2. The van der Waals surface area contributed by atoms with E-state index in [0.29, 0.717) is 17.4 Å². The lowest BCUT2D eigenvalue weighted by molar-refractivity contribution is -0.0890. The van der Waals surface area contributed by atoms with Gasteiger partial charge in [0.15, 0.2) is 4.27 Å². The van der Waals surface area contributed by atoms with E-state index in [1.54, 1.807) is 0 Å². The largest absolute Gasteiger partial charge is 0.348 e. The molecule has 1 aliphatic carbocycles. The van der Waals surface area contributed by atoms with Gasteiger partial charge in [-0.15, -0.1) is 11.8 Å². The van der Waals surface area contributed by atoms with Gasteiger partial charge in [0.2, 0.25) is 5.06 Å². The summed E-state index contributed by atoms with van der Waals surface area (Å²) in [6.45, 7) is 9.25. The smallest absolute Gasteiger partial charge is 0.201 e. The van der Waals surface area contributed by atoms with Crippen LogP contribution in [0, 0.1) is 0 Å². The highest BCUT2D eigenvalue weighted by molar-refractivity contribution is 8.19. The van der Waals surface area contributed by atoms with Crippen LogP contribution in [0.3, 0.4) is 0 Å². The molecule has 3 aliphatic heterocycles. The molecule has 5 heteroatoms. The van der Waals surface area contributed by atoms with Gasteiger partial charge < -0.3 is 9.47 Å². The lowest BCUT2D eigenvalue weighted by Crippen LogP contribution is -2.56. The summed E-state index contributed by atoms with van der Waals surface area (Å²) in [6.07, 6.45) is 5.76. The summed E-state index contributed by atoms with van der Waals surface area (Å²) in [4.78, 5) is 2.61. The Kier molecular flexibility index (Phi) is 4.05. The molecule has 1 aromatic rings. The van der Waals surface area contributed by atoms with Crippen molar-refractivity contribution < 1.29 is 9.47 Å². The number of rotatable bonds is 1. The van der Waals surface area contributed by atoms with Crippen LogP contribution in [-0.4, -0.2) is 38.2 Å². The van der Waals surface area contributed by atoms with E-state index in [1.165, 1.54) is 31.2 Å². The van der Waals surface area contributed by atoms with Crippen LogP contribution < -0.4 is 0 Å². The van der Waals surface area contributed by atoms with Crippen molar-refractivity contribution in [1.82, 2.24) is 4.90 Å². The molecule has 3 nitrogen and oxygen atoms in total. The van der Waals surface area contributed by atoms with E-state index in [9.17, 15) is 0 Å². The maximum Gasteiger partial charge on any atom is 0.201 e. The van der Waals surface area contributed by atoms with Gasteiger partial charge in [-0.25, -0.2) is 4.90 Å². The molecule has 3 heterocycles. The minimum absolute atomic E-state index is 0.111. The summed E-state index contributed by atoms with van der Waals surface area (Å²) in [5.41, 5.74) is 1.13. The average molecular weight is 392 g/mol. The SMILES string of the molecule is C[C@H]1O[C@]2(c3ccccc3)S[C@]3(O[C@@H]4CCCC[C@@H]4S3)C(C)(C)N2[C@H]1C. The molecule has 4 aliphatic rings. The molecule has 6 atom stereocenters. The molecule has 0 N–H and O–H groups in total. The molecule has 142 valence electrons. The first kappa shape index (κ1) is 17.9. The van der Waals surface area contributed by atoms with Gasteiger partial charge in [0.25, 0.3) is 0 Å². The van der Waals surface area contributed by atoms with Crippen molar-refractivity contribution in [2.45, 2.75) is 91.7 Å². The molecule has 0 aromatic heterocycles. The molecular weight excluding hydrogens is 362 g/mol. The summed E-state index contributed by atoms with van der Waals surface area (Å²) in [5, 5.41) is 0.181. The molecule has 0 radical (unpaired) electrons. The van der Waals surface area contributed by atoms with Crippen LogP contribution in [0.25, 0.3) is 0 Å². The molecule has 1 aromatic carbocycles. The summed E-state index contributed by atoms with van der Waals surface area (Å²) in [6, 6.07) is 11.1. The Morgan fingerprint density at radius 1 is 1.04 bits per heavy atom. The molecule has 0 unspecified atom stereocenters. The van der Waals surface area contributed by atoms with E-state index >= 15 is 0 Å². The topological polar surface area (TPSA) is 21.7 Å². The Labute approximate surface area is 165 Å². The first-order chi connectivity index (χ1) is 12.4. The van der Waals surface area contributed by atoms with Gasteiger partial charge in [-0.2, -0.15) is 0 Å². The molecule has 0 amide bonds. The van der Waals surface area contributed by atoms with Crippen LogP contribution >= 0.6 is 23.5 Å². The zero-order valence-corrected chi connectivity index (χ0v) is 17.7. The number of benzene rings is 1. The second-order valence-corrected chi connectivity index (χ2v) is 11.7. The highest BCUT2D eigenvalue weighted by Crippen LogP contribution is 2.73. The highest BCUT2D eigenvalue weighted by Gasteiger charge is 2.75. The quantitative estimate of drug-likeness (QED) is 0.657. The van der Waals surface area contributed by atoms with Crippen molar-refractivity contribution in [3.05, 3.63) is 35.9 Å². The maximum absolute atomic E-state index is 6.90. The van der Waals surface area contributed by atoms with Crippen LogP contribution in [-0.2, 0) is 14.5 Å². The Morgan fingerprint density at radius 3 is 2.50 bits per heavy atom. The van der Waals surface area contributed by atoms with Crippen molar-refractivity contribution >= 4 is 23.5 Å². The first-order valence-corrected chi connectivity index (χ1v) is 11.7. The third kappa shape index (κ3) is 2.21. The Hall–Kier alpha value is -0.200. The van der Waals surface area contributed by atoms with E-state index in [-0.39, 0.29) is 15.9 Å². The molecule has 0 bridgehead atoms. The molecule has 3 saturated heterocycles. The molecule has 26 heavy (non-hydrogen) atoms. The summed E-state index contributed by atoms with van der Waals surface area (Å²) < 4.78 is 13.4. The minimum atomic E-state index is -0.454. The fraction of sp³-hybridized carbons (Fsp3) is 0.714. The van der Waals surface area contributed by atoms with Crippen molar-refractivity contribution in [3.63, 3.8) is 0 Å².